The largest absolute Gasteiger partial charge is 0.478 e. The maximum absolute atomic E-state index is 12.5. The minimum Gasteiger partial charge on any atom is -0.478 e. The first-order chi connectivity index (χ1) is 9.61. The Morgan fingerprint density at radius 3 is 2.14 bits per heavy atom. The molecule has 0 heterocycles. The molecule has 5 nitrogen and oxygen atoms in total. The number of carboxylic acids is 1. The van der Waals surface area contributed by atoms with Gasteiger partial charge in [-0.15, -0.1) is 0 Å². The molecule has 0 aromatic heterocycles. The third-order valence-electron chi connectivity index (χ3n) is 3.00. The van der Waals surface area contributed by atoms with Gasteiger partial charge in [0.15, 0.2) is 0 Å². The van der Waals surface area contributed by atoms with Crippen molar-refractivity contribution in [2.45, 2.75) is 30.0 Å². The van der Waals surface area contributed by atoms with Crippen LogP contribution in [0.5, 0.6) is 0 Å². The van der Waals surface area contributed by atoms with E-state index in [1.54, 1.807) is 0 Å². The van der Waals surface area contributed by atoms with E-state index in [2.05, 4.69) is 0 Å². The van der Waals surface area contributed by atoms with E-state index in [0.717, 1.165) is 24.3 Å². The van der Waals surface area contributed by atoms with Crippen molar-refractivity contribution in [3.8, 4) is 0 Å². The lowest BCUT2D eigenvalue weighted by molar-refractivity contribution is -0.137. The molecular weight excluding hydrogens is 311 g/mol. The van der Waals surface area contributed by atoms with Gasteiger partial charge in [0.05, 0.1) is 10.5 Å². The Morgan fingerprint density at radius 2 is 1.76 bits per heavy atom. The second-order valence-corrected chi connectivity index (χ2v) is 6.62. The van der Waals surface area contributed by atoms with Gasteiger partial charge in [0.1, 0.15) is 6.54 Å². The van der Waals surface area contributed by atoms with Gasteiger partial charge in [0.25, 0.3) is 0 Å². The molecule has 116 valence electrons. The number of hydrogen-bond donors (Lipinski definition) is 1. The average Bonchev–Trinajstić information content (AvgIpc) is 3.19. The number of aromatic carboxylic acids is 1. The van der Waals surface area contributed by atoms with Crippen LogP contribution >= 0.6 is 0 Å². The molecule has 1 aliphatic carbocycles. The van der Waals surface area contributed by atoms with Gasteiger partial charge in [-0.2, -0.15) is 17.5 Å². The van der Waals surface area contributed by atoms with Gasteiger partial charge in [-0.25, -0.2) is 13.2 Å². The highest BCUT2D eigenvalue weighted by Crippen LogP contribution is 2.34. The van der Waals surface area contributed by atoms with E-state index in [-0.39, 0.29) is 10.5 Å². The molecule has 2 rings (SSSR count). The molecule has 0 amide bonds. The predicted molar refractivity (Wildman–Crippen MR) is 66.4 cm³/mol. The van der Waals surface area contributed by atoms with E-state index >= 15 is 0 Å². The van der Waals surface area contributed by atoms with Crippen LogP contribution in [0, 0.1) is 0 Å². The highest BCUT2D eigenvalue weighted by molar-refractivity contribution is 7.89. The van der Waals surface area contributed by atoms with Crippen molar-refractivity contribution in [2.75, 3.05) is 6.54 Å². The van der Waals surface area contributed by atoms with E-state index < -0.39 is 34.8 Å². The van der Waals surface area contributed by atoms with Crippen molar-refractivity contribution in [1.29, 1.82) is 0 Å². The molecule has 1 fully saturated rings. The molecule has 1 aromatic carbocycles. The molecule has 0 radical (unpaired) electrons. The van der Waals surface area contributed by atoms with Crippen molar-refractivity contribution in [2.24, 2.45) is 0 Å². The first-order valence-corrected chi connectivity index (χ1v) is 7.47. The lowest BCUT2D eigenvalue weighted by Crippen LogP contribution is -2.40. The summed E-state index contributed by atoms with van der Waals surface area (Å²) in [4.78, 5) is 10.3. The topological polar surface area (TPSA) is 74.7 Å². The van der Waals surface area contributed by atoms with Crippen LogP contribution in [0.3, 0.4) is 0 Å². The Labute approximate surface area is 119 Å². The minimum absolute atomic E-state index is 0.136. The van der Waals surface area contributed by atoms with Crippen molar-refractivity contribution in [1.82, 2.24) is 4.31 Å². The number of benzene rings is 1. The Balaban J connectivity index is 2.32. The summed E-state index contributed by atoms with van der Waals surface area (Å²) in [6.45, 7) is -1.54. The molecule has 21 heavy (non-hydrogen) atoms. The number of rotatable bonds is 5. The zero-order valence-corrected chi connectivity index (χ0v) is 11.5. The lowest BCUT2D eigenvalue weighted by Gasteiger charge is -2.23. The number of carboxylic acid groups (broad SMARTS) is 1. The highest BCUT2D eigenvalue weighted by atomic mass is 32.2. The number of carbonyl (C=O) groups is 1. The van der Waals surface area contributed by atoms with Crippen molar-refractivity contribution in [3.63, 3.8) is 0 Å². The summed E-state index contributed by atoms with van der Waals surface area (Å²) >= 11 is 0. The monoisotopic (exact) mass is 323 g/mol. The second-order valence-electron chi connectivity index (χ2n) is 4.73. The SMILES string of the molecule is O=C(O)c1ccc(S(=O)(=O)N(CC(F)(F)F)C2CC2)cc1. The van der Waals surface area contributed by atoms with Crippen molar-refractivity contribution < 1.29 is 31.5 Å². The summed E-state index contributed by atoms with van der Waals surface area (Å²) in [5.41, 5.74) is -0.136. The zero-order chi connectivity index (χ0) is 15.8. The van der Waals surface area contributed by atoms with E-state index in [1.165, 1.54) is 0 Å². The molecule has 0 aliphatic heterocycles. The maximum Gasteiger partial charge on any atom is 0.402 e. The van der Waals surface area contributed by atoms with E-state index in [1.807, 2.05) is 0 Å². The highest BCUT2D eigenvalue weighted by Gasteiger charge is 2.44. The summed E-state index contributed by atoms with van der Waals surface area (Å²) in [5, 5.41) is 8.73. The van der Waals surface area contributed by atoms with Gasteiger partial charge in [0, 0.05) is 6.04 Å². The number of alkyl halides is 3. The summed E-state index contributed by atoms with van der Waals surface area (Å²) in [7, 11) is -4.29. The number of halogens is 3. The molecule has 9 heteroatoms. The Hall–Kier alpha value is -1.61. The van der Waals surface area contributed by atoms with Crippen molar-refractivity contribution in [3.05, 3.63) is 29.8 Å². The third kappa shape index (κ3) is 3.73. The Morgan fingerprint density at radius 1 is 1.24 bits per heavy atom. The van der Waals surface area contributed by atoms with Gasteiger partial charge in [-0.1, -0.05) is 0 Å². The van der Waals surface area contributed by atoms with Crippen LogP contribution in [0.15, 0.2) is 29.2 Å². The molecule has 1 N–H and O–H groups in total. The van der Waals surface area contributed by atoms with Gasteiger partial charge < -0.3 is 5.11 Å². The fourth-order valence-electron chi connectivity index (χ4n) is 1.85. The van der Waals surface area contributed by atoms with Gasteiger partial charge in [-0.05, 0) is 37.1 Å². The minimum atomic E-state index is -4.63. The molecule has 0 spiro atoms. The maximum atomic E-state index is 12.5. The van der Waals surface area contributed by atoms with Crippen LogP contribution in [0.2, 0.25) is 0 Å². The van der Waals surface area contributed by atoms with Gasteiger partial charge in [0.2, 0.25) is 10.0 Å². The Bertz CT molecular complexity index is 635. The van der Waals surface area contributed by atoms with Crippen LogP contribution in [-0.4, -0.2) is 42.6 Å². The number of sulfonamides is 1. The summed E-state index contributed by atoms with van der Waals surface area (Å²) in [5.74, 6) is -1.24. The van der Waals surface area contributed by atoms with Crippen LogP contribution in [-0.2, 0) is 10.0 Å². The quantitative estimate of drug-likeness (QED) is 0.900. The molecule has 1 saturated carbocycles. The smallest absolute Gasteiger partial charge is 0.402 e. The van der Waals surface area contributed by atoms with E-state index in [4.69, 9.17) is 5.11 Å². The molecule has 0 bridgehead atoms. The normalized spacial score (nSPS) is 16.2. The fourth-order valence-corrected chi connectivity index (χ4v) is 3.52. The van der Waals surface area contributed by atoms with Gasteiger partial charge >= 0.3 is 12.1 Å². The van der Waals surface area contributed by atoms with Crippen LogP contribution < -0.4 is 0 Å². The van der Waals surface area contributed by atoms with Crippen LogP contribution in [0.25, 0.3) is 0 Å². The predicted octanol–water partition coefficient (Wildman–Crippen LogP) is 2.10. The first kappa shape index (κ1) is 15.8. The Kier molecular flexibility index (Phi) is 3.98. The summed E-state index contributed by atoms with van der Waals surface area (Å²) in [6, 6.07) is 3.47. The summed E-state index contributed by atoms with van der Waals surface area (Å²) < 4.78 is 62.5. The van der Waals surface area contributed by atoms with E-state index in [9.17, 15) is 26.4 Å². The summed E-state index contributed by atoms with van der Waals surface area (Å²) in [6.07, 6.45) is -3.85. The molecule has 0 atom stereocenters. The molecule has 1 aliphatic rings. The van der Waals surface area contributed by atoms with Crippen LogP contribution in [0.1, 0.15) is 23.2 Å². The number of hydrogen-bond acceptors (Lipinski definition) is 3. The number of nitrogens with zero attached hydrogens (tertiary/aromatic N) is 1. The van der Waals surface area contributed by atoms with Crippen LogP contribution in [0.4, 0.5) is 13.2 Å². The first-order valence-electron chi connectivity index (χ1n) is 6.03. The molecule has 0 saturated heterocycles. The average molecular weight is 323 g/mol. The molecular formula is C12H12F3NO4S. The van der Waals surface area contributed by atoms with E-state index in [0.29, 0.717) is 17.1 Å². The zero-order valence-electron chi connectivity index (χ0n) is 10.7. The van der Waals surface area contributed by atoms with Crippen molar-refractivity contribution >= 4 is 16.0 Å². The van der Waals surface area contributed by atoms with Gasteiger partial charge in [-0.3, -0.25) is 0 Å². The third-order valence-corrected chi connectivity index (χ3v) is 4.91. The second kappa shape index (κ2) is 5.30. The molecule has 0 unspecified atom stereocenters. The molecule has 1 aromatic rings. The standard InChI is InChI=1S/C12H12F3NO4S/c13-12(14,15)7-16(9-3-4-9)21(19,20)10-5-1-8(2-6-10)11(17)18/h1-2,5-6,9H,3-4,7H2,(H,17,18). The fraction of sp³-hybridized carbons (Fsp3) is 0.417. The lowest BCUT2D eigenvalue weighted by atomic mass is 10.2.